The van der Waals surface area contributed by atoms with Gasteiger partial charge in [-0.25, -0.2) is 4.98 Å². The Bertz CT molecular complexity index is 3830. The van der Waals surface area contributed by atoms with Gasteiger partial charge in [-0.2, -0.15) is 0 Å². The molecule has 0 aliphatic rings. The molecule has 0 amide bonds. The summed E-state index contributed by atoms with van der Waals surface area (Å²) in [6.45, 7) is 0. The van der Waals surface area contributed by atoms with Crippen molar-refractivity contribution in [1.82, 2.24) is 14.1 Å². The fourth-order valence-electron chi connectivity index (χ4n) is 9.43. The Morgan fingerprint density at radius 3 is 1.95 bits per heavy atom. The smallest absolute Gasteiger partial charge is 0.159 e. The quantitative estimate of drug-likeness (QED) is 0.174. The van der Waals surface area contributed by atoms with Gasteiger partial charge in [0.1, 0.15) is 11.4 Å². The second-order valence-corrected chi connectivity index (χ2v) is 16.6. The van der Waals surface area contributed by atoms with Gasteiger partial charge < -0.3 is 8.98 Å². The minimum absolute atomic E-state index is 0.817. The van der Waals surface area contributed by atoms with Crippen molar-refractivity contribution in [3.05, 3.63) is 200 Å². The molecular formula is C55H33N3OS. The molecule has 0 saturated heterocycles. The molecule has 4 nitrogen and oxygen atoms in total. The van der Waals surface area contributed by atoms with Crippen LogP contribution in [0.4, 0.5) is 0 Å². The standard InChI is InChI=1S/C55H33N3OS/c1-3-15-34(16-4-1)36-19-13-20-38(29-36)57-47-26-11-9-24-45(47)56-55(57)44-30-37(35-17-5-2-6-18-35)31-50-53(44)41-23-14-27-48(54(41)59-50)58-46-25-10-7-21-39(46)42-33-52-43(32-49(42)58)40-22-8-12-28-51(40)60-52/h1-33H. The van der Waals surface area contributed by atoms with E-state index in [1.807, 2.05) is 11.3 Å². The van der Waals surface area contributed by atoms with Gasteiger partial charge in [-0.3, -0.25) is 4.57 Å². The Morgan fingerprint density at radius 2 is 1.10 bits per heavy atom. The zero-order valence-electron chi connectivity index (χ0n) is 32.2. The van der Waals surface area contributed by atoms with Gasteiger partial charge in [0.25, 0.3) is 0 Å². The predicted molar refractivity (Wildman–Crippen MR) is 252 cm³/mol. The predicted octanol–water partition coefficient (Wildman–Crippen LogP) is 15.4. The number of hydrogen-bond donors (Lipinski definition) is 0. The van der Waals surface area contributed by atoms with Crippen LogP contribution >= 0.6 is 11.3 Å². The number of hydrogen-bond acceptors (Lipinski definition) is 3. The zero-order chi connectivity index (χ0) is 39.3. The molecular weight excluding hydrogens is 751 g/mol. The van der Waals surface area contributed by atoms with Crippen molar-refractivity contribution in [2.75, 3.05) is 0 Å². The number of rotatable bonds is 5. The van der Waals surface area contributed by atoms with Crippen LogP contribution in [-0.2, 0) is 0 Å². The molecule has 280 valence electrons. The van der Waals surface area contributed by atoms with Crippen LogP contribution in [0, 0.1) is 0 Å². The van der Waals surface area contributed by atoms with E-state index in [2.05, 4.69) is 209 Å². The number of benzene rings is 9. The Labute approximate surface area is 348 Å². The molecule has 5 heteroatoms. The second kappa shape index (κ2) is 12.9. The van der Waals surface area contributed by atoms with Gasteiger partial charge >= 0.3 is 0 Å². The van der Waals surface area contributed by atoms with Gasteiger partial charge in [-0.05, 0) is 89.0 Å². The van der Waals surface area contributed by atoms with E-state index >= 15 is 0 Å². The van der Waals surface area contributed by atoms with Crippen molar-refractivity contribution in [3.63, 3.8) is 0 Å². The number of nitrogens with zero attached hydrogens (tertiary/aromatic N) is 3. The minimum atomic E-state index is 0.817. The van der Waals surface area contributed by atoms with Crippen LogP contribution in [0.3, 0.4) is 0 Å². The SMILES string of the molecule is c1ccc(-c2cccc(-n3c(-c4cc(-c5ccccc5)cc5oc6c(-n7c8ccccc8c8cc9sc%10ccccc%10c9cc87)cccc6c45)nc4ccccc43)c2)cc1. The fraction of sp³-hybridized carbons (Fsp3) is 0. The first kappa shape index (κ1) is 33.3. The summed E-state index contributed by atoms with van der Waals surface area (Å²) in [4.78, 5) is 5.45. The first-order valence-corrected chi connectivity index (χ1v) is 21.1. The van der Waals surface area contributed by atoms with Crippen molar-refractivity contribution in [3.8, 4) is 45.0 Å². The molecule has 0 bridgehead atoms. The van der Waals surface area contributed by atoms with E-state index in [0.717, 1.165) is 83.5 Å². The van der Waals surface area contributed by atoms with Crippen LogP contribution in [-0.4, -0.2) is 14.1 Å². The maximum absolute atomic E-state index is 7.21. The lowest BCUT2D eigenvalue weighted by Crippen LogP contribution is -1.99. The number of furan rings is 1. The number of fused-ring (bicyclic) bond motifs is 10. The summed E-state index contributed by atoms with van der Waals surface area (Å²) in [6, 6.07) is 71.7. The minimum Gasteiger partial charge on any atom is -0.454 e. The van der Waals surface area contributed by atoms with Crippen LogP contribution in [0.15, 0.2) is 205 Å². The summed E-state index contributed by atoms with van der Waals surface area (Å²) < 4.78 is 14.5. The lowest BCUT2D eigenvalue weighted by atomic mass is 9.98. The molecule has 4 aromatic heterocycles. The largest absolute Gasteiger partial charge is 0.454 e. The van der Waals surface area contributed by atoms with Crippen molar-refractivity contribution >= 4 is 86.3 Å². The van der Waals surface area contributed by atoms with E-state index < -0.39 is 0 Å². The topological polar surface area (TPSA) is 35.9 Å². The van der Waals surface area contributed by atoms with E-state index in [4.69, 9.17) is 9.40 Å². The van der Waals surface area contributed by atoms with Crippen LogP contribution in [0.25, 0.3) is 120 Å². The van der Waals surface area contributed by atoms with Crippen molar-refractivity contribution in [1.29, 1.82) is 0 Å². The lowest BCUT2D eigenvalue weighted by Gasteiger charge is -2.13. The van der Waals surface area contributed by atoms with Crippen molar-refractivity contribution in [2.45, 2.75) is 0 Å². The molecule has 0 aliphatic carbocycles. The highest BCUT2D eigenvalue weighted by Gasteiger charge is 2.24. The van der Waals surface area contributed by atoms with E-state index in [1.165, 1.54) is 36.5 Å². The molecule has 0 aliphatic heterocycles. The van der Waals surface area contributed by atoms with Crippen LogP contribution in [0.2, 0.25) is 0 Å². The van der Waals surface area contributed by atoms with Crippen molar-refractivity contribution in [2.24, 2.45) is 0 Å². The van der Waals surface area contributed by atoms with Gasteiger partial charge in [-0.15, -0.1) is 11.3 Å². The molecule has 0 atom stereocenters. The van der Waals surface area contributed by atoms with Gasteiger partial charge in [0.15, 0.2) is 5.58 Å². The van der Waals surface area contributed by atoms with Crippen molar-refractivity contribution < 1.29 is 4.42 Å². The molecule has 0 radical (unpaired) electrons. The highest BCUT2D eigenvalue weighted by Crippen LogP contribution is 2.46. The van der Waals surface area contributed by atoms with E-state index in [-0.39, 0.29) is 0 Å². The van der Waals surface area contributed by atoms with Crippen LogP contribution in [0.1, 0.15) is 0 Å². The number of thiophene rings is 1. The average Bonchev–Trinajstić information content (AvgIpc) is 4.07. The summed E-state index contributed by atoms with van der Waals surface area (Å²) in [6.07, 6.45) is 0. The summed E-state index contributed by atoms with van der Waals surface area (Å²) in [7, 11) is 0. The normalized spacial score (nSPS) is 12.0. The van der Waals surface area contributed by atoms with E-state index in [0.29, 0.717) is 0 Å². The highest BCUT2D eigenvalue weighted by molar-refractivity contribution is 7.25. The molecule has 0 saturated carbocycles. The third kappa shape index (κ3) is 4.93. The average molecular weight is 784 g/mol. The summed E-state index contributed by atoms with van der Waals surface area (Å²) >= 11 is 1.86. The third-order valence-electron chi connectivity index (χ3n) is 12.1. The molecule has 60 heavy (non-hydrogen) atoms. The molecule has 9 aromatic carbocycles. The molecule has 0 fully saturated rings. The lowest BCUT2D eigenvalue weighted by molar-refractivity contribution is 0.666. The maximum Gasteiger partial charge on any atom is 0.159 e. The summed E-state index contributed by atoms with van der Waals surface area (Å²) in [5, 5.41) is 7.09. The number of aromatic nitrogens is 3. The molecule has 13 rings (SSSR count). The zero-order valence-corrected chi connectivity index (χ0v) is 33.0. The van der Waals surface area contributed by atoms with E-state index in [9.17, 15) is 0 Å². The Balaban J connectivity index is 1.12. The number of para-hydroxylation sites is 4. The first-order valence-electron chi connectivity index (χ1n) is 20.3. The highest BCUT2D eigenvalue weighted by atomic mass is 32.1. The number of imidazole rings is 1. The van der Waals surface area contributed by atoms with Gasteiger partial charge in [-0.1, -0.05) is 133 Å². The Hall–Kier alpha value is -7.73. The molecule has 0 unspecified atom stereocenters. The van der Waals surface area contributed by atoms with E-state index in [1.54, 1.807) is 0 Å². The summed E-state index contributed by atoms with van der Waals surface area (Å²) in [5.74, 6) is 0.862. The van der Waals surface area contributed by atoms with Gasteiger partial charge in [0, 0.05) is 53.0 Å². The Kier molecular flexibility index (Phi) is 7.14. The van der Waals surface area contributed by atoms with Gasteiger partial charge in [0.05, 0.1) is 27.8 Å². The third-order valence-corrected chi connectivity index (χ3v) is 13.2. The van der Waals surface area contributed by atoms with Crippen LogP contribution < -0.4 is 0 Å². The van der Waals surface area contributed by atoms with Gasteiger partial charge in [0.2, 0.25) is 0 Å². The molecule has 4 heterocycles. The fourth-order valence-corrected chi connectivity index (χ4v) is 10.6. The van der Waals surface area contributed by atoms with Crippen LogP contribution in [0.5, 0.6) is 0 Å². The molecule has 0 N–H and O–H groups in total. The first-order chi connectivity index (χ1) is 29.7. The monoisotopic (exact) mass is 783 g/mol. The summed E-state index contributed by atoms with van der Waals surface area (Å²) in [5.41, 5.74) is 13.5. The second-order valence-electron chi connectivity index (χ2n) is 15.5. The molecule has 13 aromatic rings. The Morgan fingerprint density at radius 1 is 0.417 bits per heavy atom. The maximum atomic E-state index is 7.21. The molecule has 0 spiro atoms.